The van der Waals surface area contributed by atoms with Crippen LogP contribution in [0.2, 0.25) is 0 Å². The van der Waals surface area contributed by atoms with E-state index >= 15 is 0 Å². The van der Waals surface area contributed by atoms with Gasteiger partial charge >= 0.3 is 0 Å². The van der Waals surface area contributed by atoms with Gasteiger partial charge in [-0.3, -0.25) is 9.59 Å². The van der Waals surface area contributed by atoms with Crippen molar-refractivity contribution in [1.82, 2.24) is 19.2 Å². The number of amides is 1. The smallest absolute Gasteiger partial charge is 0.254 e. The van der Waals surface area contributed by atoms with Crippen molar-refractivity contribution < 1.29 is 13.2 Å². The van der Waals surface area contributed by atoms with Crippen molar-refractivity contribution in [2.75, 3.05) is 25.9 Å². The van der Waals surface area contributed by atoms with E-state index < -0.39 is 10.0 Å². The van der Waals surface area contributed by atoms with Gasteiger partial charge in [0.25, 0.3) is 5.56 Å². The van der Waals surface area contributed by atoms with Crippen molar-refractivity contribution in [3.05, 3.63) is 62.8 Å². The molecule has 1 amide bonds. The van der Waals surface area contributed by atoms with Crippen LogP contribution >= 0.6 is 0 Å². The lowest BCUT2D eigenvalue weighted by Crippen LogP contribution is -2.39. The van der Waals surface area contributed by atoms with Crippen molar-refractivity contribution in [3.63, 3.8) is 0 Å². The molecule has 1 aromatic heterocycles. The maximum absolute atomic E-state index is 12.7. The van der Waals surface area contributed by atoms with Crippen molar-refractivity contribution in [1.29, 1.82) is 0 Å². The van der Waals surface area contributed by atoms with Gasteiger partial charge in [0.2, 0.25) is 15.9 Å². The molecule has 3 heterocycles. The van der Waals surface area contributed by atoms with Gasteiger partial charge in [-0.25, -0.2) is 13.4 Å². The number of carbonyl (C=O) groups excluding carboxylic acids is 1. The molecule has 2 aliphatic rings. The Morgan fingerprint density at radius 2 is 2.10 bits per heavy atom. The van der Waals surface area contributed by atoms with Crippen LogP contribution in [0.25, 0.3) is 0 Å². The molecule has 0 unspecified atom stereocenters. The first-order valence-electron chi connectivity index (χ1n) is 10.1. The van der Waals surface area contributed by atoms with Gasteiger partial charge in [-0.1, -0.05) is 29.8 Å². The Morgan fingerprint density at radius 3 is 2.83 bits per heavy atom. The fourth-order valence-electron chi connectivity index (χ4n) is 4.23. The third kappa shape index (κ3) is 4.32. The number of sulfonamides is 1. The van der Waals surface area contributed by atoms with Gasteiger partial charge in [0.1, 0.15) is 5.82 Å². The Balaban J connectivity index is 1.48. The van der Waals surface area contributed by atoms with E-state index in [0.29, 0.717) is 49.6 Å². The predicted octanol–water partition coefficient (Wildman–Crippen LogP) is 0.955. The number of carbonyl (C=O) groups is 1. The highest BCUT2D eigenvalue weighted by molar-refractivity contribution is 7.88. The molecule has 0 saturated carbocycles. The van der Waals surface area contributed by atoms with E-state index in [-0.39, 0.29) is 23.9 Å². The lowest BCUT2D eigenvalue weighted by molar-refractivity contribution is -0.129. The number of fused-ring (bicyclic) bond motifs is 1. The van der Waals surface area contributed by atoms with Crippen molar-refractivity contribution in [2.24, 2.45) is 0 Å². The second-order valence-electron chi connectivity index (χ2n) is 8.21. The molecule has 1 saturated heterocycles. The van der Waals surface area contributed by atoms with E-state index in [0.717, 1.165) is 17.5 Å². The molecule has 1 fully saturated rings. The number of aromatic nitrogens is 2. The summed E-state index contributed by atoms with van der Waals surface area (Å²) in [6.45, 7) is 3.53. The normalized spacial score (nSPS) is 19.7. The lowest BCUT2D eigenvalue weighted by Gasteiger charge is -2.26. The summed E-state index contributed by atoms with van der Waals surface area (Å²) in [7, 11) is -3.34. The molecule has 0 bridgehead atoms. The van der Waals surface area contributed by atoms with Crippen LogP contribution in [0.3, 0.4) is 0 Å². The monoisotopic (exact) mass is 430 g/mol. The van der Waals surface area contributed by atoms with Gasteiger partial charge in [-0.05, 0) is 25.3 Å². The lowest BCUT2D eigenvalue weighted by atomic mass is 10.1. The van der Waals surface area contributed by atoms with Gasteiger partial charge in [0.15, 0.2) is 0 Å². The van der Waals surface area contributed by atoms with Crippen molar-refractivity contribution >= 4 is 15.9 Å². The van der Waals surface area contributed by atoms with Crippen LogP contribution in [-0.2, 0) is 34.2 Å². The van der Waals surface area contributed by atoms with Crippen LogP contribution in [0.4, 0.5) is 0 Å². The molecule has 2 aliphatic heterocycles. The minimum absolute atomic E-state index is 0.0573. The highest BCUT2D eigenvalue weighted by Crippen LogP contribution is 2.26. The van der Waals surface area contributed by atoms with Crippen LogP contribution in [0, 0.1) is 6.92 Å². The van der Waals surface area contributed by atoms with Gasteiger partial charge in [-0.2, -0.15) is 4.31 Å². The van der Waals surface area contributed by atoms with Crippen LogP contribution in [0.1, 0.15) is 40.5 Å². The summed E-state index contributed by atoms with van der Waals surface area (Å²) in [5.41, 5.74) is 3.00. The van der Waals surface area contributed by atoms with E-state index in [9.17, 15) is 18.0 Å². The molecule has 4 rings (SSSR count). The van der Waals surface area contributed by atoms with Crippen LogP contribution < -0.4 is 5.56 Å². The predicted molar refractivity (Wildman–Crippen MR) is 113 cm³/mol. The number of aromatic amines is 1. The van der Waals surface area contributed by atoms with Gasteiger partial charge < -0.3 is 9.88 Å². The molecular weight excluding hydrogens is 404 g/mol. The van der Waals surface area contributed by atoms with Crippen molar-refractivity contribution in [3.8, 4) is 0 Å². The molecule has 0 spiro atoms. The van der Waals surface area contributed by atoms with E-state index in [1.165, 1.54) is 10.6 Å². The Labute approximate surface area is 176 Å². The molecule has 2 aromatic rings. The Morgan fingerprint density at radius 1 is 1.30 bits per heavy atom. The van der Waals surface area contributed by atoms with E-state index in [1.54, 1.807) is 0 Å². The third-order valence-corrected chi connectivity index (χ3v) is 7.14. The van der Waals surface area contributed by atoms with Gasteiger partial charge in [0.05, 0.1) is 24.9 Å². The number of aryl methyl sites for hydroxylation is 1. The second kappa shape index (κ2) is 7.96. The Bertz CT molecular complexity index is 1140. The first kappa shape index (κ1) is 20.7. The summed E-state index contributed by atoms with van der Waals surface area (Å²) in [5.74, 6) is 0.546. The van der Waals surface area contributed by atoms with Gasteiger partial charge in [0, 0.05) is 31.1 Å². The quantitative estimate of drug-likeness (QED) is 0.778. The number of H-pyrrole nitrogens is 1. The van der Waals surface area contributed by atoms with E-state index in [1.807, 2.05) is 36.1 Å². The second-order valence-corrected chi connectivity index (χ2v) is 10.2. The molecule has 0 aliphatic carbocycles. The number of benzene rings is 1. The largest absolute Gasteiger partial charge is 0.342 e. The van der Waals surface area contributed by atoms with E-state index in [2.05, 4.69) is 9.97 Å². The molecule has 8 nitrogen and oxygen atoms in total. The molecule has 1 aromatic carbocycles. The van der Waals surface area contributed by atoms with Gasteiger partial charge in [-0.15, -0.1) is 0 Å². The fraction of sp³-hybridized carbons (Fsp3) is 0.476. The molecule has 9 heteroatoms. The number of nitrogens with one attached hydrogen (secondary N) is 1. The number of rotatable bonds is 4. The van der Waals surface area contributed by atoms with E-state index in [4.69, 9.17) is 0 Å². The minimum Gasteiger partial charge on any atom is -0.342 e. The summed E-state index contributed by atoms with van der Waals surface area (Å²) in [4.78, 5) is 34.6. The average Bonchev–Trinajstić information content (AvgIpc) is 3.17. The third-order valence-electron chi connectivity index (χ3n) is 5.89. The summed E-state index contributed by atoms with van der Waals surface area (Å²) in [6.07, 6.45) is 2.60. The Kier molecular flexibility index (Phi) is 5.50. The molecule has 160 valence electrons. The summed E-state index contributed by atoms with van der Waals surface area (Å²) < 4.78 is 25.1. The first-order valence-corrected chi connectivity index (χ1v) is 12.0. The molecule has 1 N–H and O–H groups in total. The maximum atomic E-state index is 12.7. The zero-order valence-electron chi connectivity index (χ0n) is 17.2. The van der Waals surface area contributed by atoms with Crippen LogP contribution in [0.15, 0.2) is 29.1 Å². The highest BCUT2D eigenvalue weighted by Gasteiger charge is 2.31. The van der Waals surface area contributed by atoms with Crippen LogP contribution in [-0.4, -0.2) is 59.4 Å². The highest BCUT2D eigenvalue weighted by atomic mass is 32.2. The summed E-state index contributed by atoms with van der Waals surface area (Å²) >= 11 is 0. The molecule has 0 radical (unpaired) electrons. The summed E-state index contributed by atoms with van der Waals surface area (Å²) in [5, 5.41) is 0. The first-order chi connectivity index (χ1) is 14.2. The van der Waals surface area contributed by atoms with Crippen molar-refractivity contribution in [2.45, 2.75) is 38.6 Å². The topological polar surface area (TPSA) is 103 Å². The molecule has 1 atom stereocenters. The average molecular weight is 431 g/mol. The standard InChI is InChI=1S/C21H26N4O4S/c1-14-4-3-5-15(10-14)11-19(26)24-8-6-16(12-24)20-22-18-13-25(30(2,28)29)9-7-17(18)21(27)23-20/h3-5,10,16H,6-9,11-13H2,1-2H3,(H,22,23,27)/t16-/m1/s1. The number of nitrogens with zero attached hydrogens (tertiary/aromatic N) is 3. The van der Waals surface area contributed by atoms with Crippen LogP contribution in [0.5, 0.6) is 0 Å². The fourth-order valence-corrected chi connectivity index (χ4v) is 5.01. The number of hydrogen-bond donors (Lipinski definition) is 1. The number of hydrogen-bond acceptors (Lipinski definition) is 5. The summed E-state index contributed by atoms with van der Waals surface area (Å²) in [6, 6.07) is 7.92. The number of likely N-dealkylation sites (tertiary alicyclic amines) is 1. The maximum Gasteiger partial charge on any atom is 0.254 e. The molecular formula is C21H26N4O4S. The molecule has 30 heavy (non-hydrogen) atoms. The Hall–Kier alpha value is -2.52. The minimum atomic E-state index is -3.34. The SMILES string of the molecule is Cc1cccc(CC(=O)N2CC[C@@H](c3nc4c(c(=O)[nH]3)CCN(S(C)(=O)=O)C4)C2)c1. The zero-order chi connectivity index (χ0) is 21.5. The zero-order valence-corrected chi connectivity index (χ0v) is 18.0.